The van der Waals surface area contributed by atoms with Crippen molar-refractivity contribution in [3.63, 3.8) is 0 Å². The topological polar surface area (TPSA) is 43.6 Å². The molecule has 0 amide bonds. The first-order valence-electron chi connectivity index (χ1n) is 16.0. The van der Waals surface area contributed by atoms with Crippen molar-refractivity contribution in [3.05, 3.63) is 158 Å². The molecule has 0 saturated heterocycles. The Morgan fingerprint density at radius 2 is 1.10 bits per heavy atom. The van der Waals surface area contributed by atoms with Crippen molar-refractivity contribution >= 4 is 64.1 Å². The highest BCUT2D eigenvalue weighted by Crippen LogP contribution is 2.41. The zero-order valence-electron chi connectivity index (χ0n) is 25.7. The van der Waals surface area contributed by atoms with Crippen LogP contribution in [0.2, 0.25) is 0 Å². The Labute approximate surface area is 280 Å². The molecule has 0 atom stereocenters. The van der Waals surface area contributed by atoms with Crippen LogP contribution in [0.1, 0.15) is 0 Å². The average molecular weight is 631 g/mol. The summed E-state index contributed by atoms with van der Waals surface area (Å²) < 4.78 is 4.83. The fourth-order valence-corrected chi connectivity index (χ4v) is 8.23. The van der Waals surface area contributed by atoms with Gasteiger partial charge < -0.3 is 0 Å². The van der Waals surface area contributed by atoms with Gasteiger partial charge in [0.2, 0.25) is 5.95 Å². The van der Waals surface area contributed by atoms with E-state index in [1.54, 1.807) is 0 Å². The number of fused-ring (bicyclic) bond motifs is 8. The summed E-state index contributed by atoms with van der Waals surface area (Å²) in [7, 11) is 0. The fourth-order valence-electron chi connectivity index (χ4n) is 7.10. The van der Waals surface area contributed by atoms with E-state index in [1.807, 2.05) is 54.3 Å². The molecule has 0 unspecified atom stereocenters. The van der Waals surface area contributed by atoms with E-state index in [2.05, 4.69) is 125 Å². The van der Waals surface area contributed by atoms with Gasteiger partial charge in [0.05, 0.1) is 11.0 Å². The van der Waals surface area contributed by atoms with Gasteiger partial charge in [0.1, 0.15) is 0 Å². The number of nitrogens with zero attached hydrogens (tertiary/aromatic N) is 4. The molecule has 10 aromatic rings. The summed E-state index contributed by atoms with van der Waals surface area (Å²) in [5.74, 6) is 0.655. The SMILES string of the molecule is c1ccc(-c2cc(-c3ccncc3)cc(-c3cnc(-n4c5ccccc5c5ccc6cc7c(cc6c54)sc4ccccc47)nc3)c2)cc1. The van der Waals surface area contributed by atoms with E-state index >= 15 is 0 Å². The van der Waals surface area contributed by atoms with Gasteiger partial charge in [0.15, 0.2) is 0 Å². The van der Waals surface area contributed by atoms with Crippen LogP contribution in [0.5, 0.6) is 0 Å². The number of aromatic nitrogens is 4. The molecule has 0 aliphatic heterocycles. The summed E-state index contributed by atoms with van der Waals surface area (Å²) in [5.41, 5.74) is 8.80. The highest BCUT2D eigenvalue weighted by molar-refractivity contribution is 7.25. The molecular weight excluding hydrogens is 605 g/mol. The highest BCUT2D eigenvalue weighted by atomic mass is 32.1. The van der Waals surface area contributed by atoms with Gasteiger partial charge in [0, 0.05) is 66.7 Å². The zero-order chi connectivity index (χ0) is 31.6. The summed E-state index contributed by atoms with van der Waals surface area (Å²) in [5, 5.41) is 7.41. The molecule has 6 aromatic carbocycles. The smallest absolute Gasteiger partial charge is 0.234 e. The first kappa shape index (κ1) is 27.0. The Morgan fingerprint density at radius 3 is 1.90 bits per heavy atom. The molecule has 0 aliphatic rings. The predicted molar refractivity (Wildman–Crippen MR) is 201 cm³/mol. The number of para-hydroxylation sites is 1. The van der Waals surface area contributed by atoms with Crippen LogP contribution in [0.25, 0.3) is 92.1 Å². The van der Waals surface area contributed by atoms with E-state index in [0.29, 0.717) is 5.95 Å². The maximum Gasteiger partial charge on any atom is 0.234 e. The molecule has 224 valence electrons. The van der Waals surface area contributed by atoms with Crippen LogP contribution in [0.15, 0.2) is 158 Å². The number of pyridine rings is 1. The molecule has 4 nitrogen and oxygen atoms in total. The number of rotatable bonds is 4. The molecule has 48 heavy (non-hydrogen) atoms. The largest absolute Gasteiger partial charge is 0.277 e. The third-order valence-corrected chi connectivity index (χ3v) is 10.5. The van der Waals surface area contributed by atoms with Crippen molar-refractivity contribution in [1.82, 2.24) is 19.5 Å². The quantitative estimate of drug-likeness (QED) is 0.194. The lowest BCUT2D eigenvalue weighted by Gasteiger charge is -2.12. The maximum atomic E-state index is 5.05. The summed E-state index contributed by atoms with van der Waals surface area (Å²) in [6.07, 6.45) is 7.59. The van der Waals surface area contributed by atoms with Gasteiger partial charge in [-0.25, -0.2) is 9.97 Å². The van der Waals surface area contributed by atoms with Crippen LogP contribution < -0.4 is 0 Å². The van der Waals surface area contributed by atoms with Crippen molar-refractivity contribution in [2.45, 2.75) is 0 Å². The lowest BCUT2D eigenvalue weighted by atomic mass is 9.94. The van der Waals surface area contributed by atoms with Crippen LogP contribution in [0.4, 0.5) is 0 Å². The third-order valence-electron chi connectivity index (χ3n) is 9.37. The van der Waals surface area contributed by atoms with Gasteiger partial charge in [-0.15, -0.1) is 11.3 Å². The highest BCUT2D eigenvalue weighted by Gasteiger charge is 2.18. The lowest BCUT2D eigenvalue weighted by molar-refractivity contribution is 0.992. The van der Waals surface area contributed by atoms with Gasteiger partial charge >= 0.3 is 0 Å². The Balaban J connectivity index is 1.17. The van der Waals surface area contributed by atoms with Crippen molar-refractivity contribution in [2.24, 2.45) is 0 Å². The lowest BCUT2D eigenvalue weighted by Crippen LogP contribution is -2.01. The fraction of sp³-hybridized carbons (Fsp3) is 0. The molecule has 10 rings (SSSR count). The van der Waals surface area contributed by atoms with Crippen molar-refractivity contribution in [2.75, 3.05) is 0 Å². The minimum Gasteiger partial charge on any atom is -0.277 e. The Kier molecular flexibility index (Phi) is 6.01. The monoisotopic (exact) mass is 630 g/mol. The van der Waals surface area contributed by atoms with Gasteiger partial charge in [-0.1, -0.05) is 78.9 Å². The summed E-state index contributed by atoms with van der Waals surface area (Å²) in [6, 6.07) is 47.7. The molecule has 0 bridgehead atoms. The second-order valence-electron chi connectivity index (χ2n) is 12.2. The van der Waals surface area contributed by atoms with Gasteiger partial charge in [-0.05, 0) is 87.8 Å². The molecule has 0 saturated carbocycles. The summed E-state index contributed by atoms with van der Waals surface area (Å²) in [4.78, 5) is 14.3. The maximum absolute atomic E-state index is 5.05. The Bertz CT molecular complexity index is 2760. The zero-order valence-corrected chi connectivity index (χ0v) is 26.5. The van der Waals surface area contributed by atoms with Crippen LogP contribution in [0, 0.1) is 0 Å². The molecular formula is C43H26N4S. The molecule has 0 radical (unpaired) electrons. The Morgan fingerprint density at radius 1 is 0.438 bits per heavy atom. The third kappa shape index (κ3) is 4.25. The summed E-state index contributed by atoms with van der Waals surface area (Å²) >= 11 is 1.85. The number of hydrogen-bond acceptors (Lipinski definition) is 4. The van der Waals surface area contributed by atoms with Crippen LogP contribution in [-0.4, -0.2) is 19.5 Å². The minimum atomic E-state index is 0.655. The van der Waals surface area contributed by atoms with Crippen LogP contribution in [0.3, 0.4) is 0 Å². The molecule has 0 fully saturated rings. The molecule has 4 aromatic heterocycles. The summed E-state index contributed by atoms with van der Waals surface area (Å²) in [6.45, 7) is 0. The average Bonchev–Trinajstić information content (AvgIpc) is 3.70. The van der Waals surface area contributed by atoms with E-state index in [4.69, 9.17) is 9.97 Å². The standard InChI is InChI=1S/C43H26N4S/c1-2-8-27(9-3-1)30-20-31(28-16-18-44-19-17-28)22-32(21-30)33-25-45-43(46-26-33)47-39-12-6-4-10-34(39)36-15-14-29-23-38-35-11-5-7-13-40(35)48-41(38)24-37(29)42(36)47/h1-26H. The first-order valence-corrected chi connectivity index (χ1v) is 16.8. The van der Waals surface area contributed by atoms with E-state index in [1.165, 1.54) is 41.7 Å². The van der Waals surface area contributed by atoms with Gasteiger partial charge in [-0.3, -0.25) is 9.55 Å². The van der Waals surface area contributed by atoms with Crippen molar-refractivity contribution in [1.29, 1.82) is 0 Å². The van der Waals surface area contributed by atoms with Gasteiger partial charge in [0.25, 0.3) is 0 Å². The molecule has 0 aliphatic carbocycles. The molecule has 4 heterocycles. The molecule has 5 heteroatoms. The Hall–Kier alpha value is -6.17. The first-order chi connectivity index (χ1) is 23.8. The molecule has 0 N–H and O–H groups in total. The molecule has 0 spiro atoms. The van der Waals surface area contributed by atoms with Crippen LogP contribution >= 0.6 is 11.3 Å². The number of thiophene rings is 1. The predicted octanol–water partition coefficient (Wildman–Crippen LogP) is 11.5. The van der Waals surface area contributed by atoms with Crippen molar-refractivity contribution < 1.29 is 0 Å². The normalized spacial score (nSPS) is 11.8. The van der Waals surface area contributed by atoms with E-state index in [0.717, 1.165) is 44.4 Å². The minimum absolute atomic E-state index is 0.655. The van der Waals surface area contributed by atoms with E-state index in [-0.39, 0.29) is 0 Å². The second-order valence-corrected chi connectivity index (χ2v) is 13.2. The second kappa shape index (κ2) is 10.7. The van der Waals surface area contributed by atoms with Crippen molar-refractivity contribution in [3.8, 4) is 39.3 Å². The van der Waals surface area contributed by atoms with E-state index in [9.17, 15) is 0 Å². The number of benzene rings is 6. The number of hydrogen-bond donors (Lipinski definition) is 0. The van der Waals surface area contributed by atoms with E-state index < -0.39 is 0 Å². The van der Waals surface area contributed by atoms with Gasteiger partial charge in [-0.2, -0.15) is 0 Å². The van der Waals surface area contributed by atoms with Crippen LogP contribution in [-0.2, 0) is 0 Å².